The highest BCUT2D eigenvalue weighted by atomic mass is 32.2. The lowest BCUT2D eigenvalue weighted by Crippen LogP contribution is -2.00. The molecule has 0 saturated heterocycles. The van der Waals surface area contributed by atoms with Gasteiger partial charge in [0.2, 0.25) is 0 Å². The zero-order valence-corrected chi connectivity index (χ0v) is 12.1. The Balaban J connectivity index is 2.05. The van der Waals surface area contributed by atoms with Crippen molar-refractivity contribution in [2.24, 2.45) is 0 Å². The van der Waals surface area contributed by atoms with Gasteiger partial charge in [-0.05, 0) is 25.3 Å². The molecule has 102 valence electrons. The molecule has 0 radical (unpaired) electrons. The Morgan fingerprint density at radius 1 is 1.25 bits per heavy atom. The lowest BCUT2D eigenvalue weighted by atomic mass is 10.3. The van der Waals surface area contributed by atoms with E-state index in [0.29, 0.717) is 11.3 Å². The third-order valence-electron chi connectivity index (χ3n) is 2.96. The second-order valence-corrected chi connectivity index (χ2v) is 4.97. The number of hydrogen-bond acceptors (Lipinski definition) is 6. The first-order chi connectivity index (χ1) is 9.83. The van der Waals surface area contributed by atoms with Gasteiger partial charge >= 0.3 is 0 Å². The van der Waals surface area contributed by atoms with E-state index in [1.54, 1.807) is 16.4 Å². The van der Waals surface area contributed by atoms with E-state index in [9.17, 15) is 0 Å². The highest BCUT2D eigenvalue weighted by Crippen LogP contribution is 2.28. The summed E-state index contributed by atoms with van der Waals surface area (Å²) in [7, 11) is 0. The third-order valence-corrected chi connectivity index (χ3v) is 3.76. The van der Waals surface area contributed by atoms with Crippen molar-refractivity contribution in [1.29, 1.82) is 0 Å². The van der Waals surface area contributed by atoms with Gasteiger partial charge in [-0.15, -0.1) is 16.9 Å². The molecular formula is C13H14N6S. The molecule has 0 aliphatic heterocycles. The molecule has 20 heavy (non-hydrogen) atoms. The highest BCUT2D eigenvalue weighted by Gasteiger charge is 2.11. The fourth-order valence-electron chi connectivity index (χ4n) is 1.97. The standard InChI is InChI=1S/C13H14N6S/c1-3-19-13-11(17-18-19)12(14-8-15-13)16-9-6-4-5-7-10(9)20-2/h4-8H,3H2,1-2H3,(H,14,15,16). The maximum Gasteiger partial charge on any atom is 0.183 e. The molecule has 0 bridgehead atoms. The number of anilines is 2. The molecule has 0 amide bonds. The second kappa shape index (κ2) is 5.46. The molecule has 1 aromatic carbocycles. The number of hydrogen-bond donors (Lipinski definition) is 1. The number of nitrogens with zero attached hydrogens (tertiary/aromatic N) is 5. The minimum atomic E-state index is 0.677. The SMILES string of the molecule is CCn1nnc2c(Nc3ccccc3SC)ncnc21. The van der Waals surface area contributed by atoms with Crippen LogP contribution in [0.3, 0.4) is 0 Å². The van der Waals surface area contributed by atoms with Crippen molar-refractivity contribution in [1.82, 2.24) is 25.0 Å². The van der Waals surface area contributed by atoms with E-state index in [-0.39, 0.29) is 0 Å². The van der Waals surface area contributed by atoms with Gasteiger partial charge in [-0.2, -0.15) is 0 Å². The first kappa shape index (κ1) is 12.9. The summed E-state index contributed by atoms with van der Waals surface area (Å²) in [5.74, 6) is 0.677. The van der Waals surface area contributed by atoms with Crippen LogP contribution < -0.4 is 5.32 Å². The summed E-state index contributed by atoms with van der Waals surface area (Å²) in [6, 6.07) is 8.08. The largest absolute Gasteiger partial charge is 0.337 e. The predicted octanol–water partition coefficient (Wildman–Crippen LogP) is 2.71. The summed E-state index contributed by atoms with van der Waals surface area (Å²) < 4.78 is 1.75. The van der Waals surface area contributed by atoms with Crippen LogP contribution in [-0.2, 0) is 6.54 Å². The first-order valence-corrected chi connectivity index (χ1v) is 7.50. The molecule has 0 saturated carbocycles. The van der Waals surface area contributed by atoms with Crippen LogP contribution in [0.25, 0.3) is 11.2 Å². The Morgan fingerprint density at radius 3 is 2.90 bits per heavy atom. The Labute approximate surface area is 120 Å². The smallest absolute Gasteiger partial charge is 0.183 e. The van der Waals surface area contributed by atoms with Gasteiger partial charge in [-0.25, -0.2) is 14.6 Å². The minimum absolute atomic E-state index is 0.677. The highest BCUT2D eigenvalue weighted by molar-refractivity contribution is 7.98. The molecule has 0 atom stereocenters. The number of benzene rings is 1. The van der Waals surface area contributed by atoms with E-state index in [4.69, 9.17) is 0 Å². The van der Waals surface area contributed by atoms with Crippen LogP contribution in [0.15, 0.2) is 35.5 Å². The molecule has 7 heteroatoms. The monoisotopic (exact) mass is 286 g/mol. The molecule has 0 aliphatic carbocycles. The fraction of sp³-hybridized carbons (Fsp3) is 0.231. The molecule has 0 spiro atoms. The maximum atomic E-state index is 4.28. The number of aryl methyl sites for hydroxylation is 1. The van der Waals surface area contributed by atoms with Crippen molar-refractivity contribution < 1.29 is 0 Å². The number of para-hydroxylation sites is 1. The zero-order valence-electron chi connectivity index (χ0n) is 11.2. The molecular weight excluding hydrogens is 272 g/mol. The van der Waals surface area contributed by atoms with Gasteiger partial charge in [0.05, 0.1) is 5.69 Å². The van der Waals surface area contributed by atoms with Crippen LogP contribution in [-0.4, -0.2) is 31.2 Å². The average molecular weight is 286 g/mol. The van der Waals surface area contributed by atoms with Gasteiger partial charge in [0.15, 0.2) is 17.0 Å². The van der Waals surface area contributed by atoms with Crippen LogP contribution in [0.4, 0.5) is 11.5 Å². The van der Waals surface area contributed by atoms with Crippen LogP contribution in [0.1, 0.15) is 6.92 Å². The average Bonchev–Trinajstić information content (AvgIpc) is 2.92. The van der Waals surface area contributed by atoms with Crippen molar-refractivity contribution in [3.05, 3.63) is 30.6 Å². The molecule has 2 heterocycles. The van der Waals surface area contributed by atoms with Gasteiger partial charge in [0.25, 0.3) is 0 Å². The number of aromatic nitrogens is 5. The number of fused-ring (bicyclic) bond motifs is 1. The lowest BCUT2D eigenvalue weighted by Gasteiger charge is -2.09. The Bertz CT molecular complexity index is 739. The van der Waals surface area contributed by atoms with Crippen molar-refractivity contribution in [2.45, 2.75) is 18.4 Å². The Kier molecular flexibility index (Phi) is 3.51. The summed E-state index contributed by atoms with van der Waals surface area (Å²) in [5, 5.41) is 11.6. The van der Waals surface area contributed by atoms with E-state index >= 15 is 0 Å². The number of thioether (sulfide) groups is 1. The minimum Gasteiger partial charge on any atom is -0.337 e. The zero-order chi connectivity index (χ0) is 13.9. The molecule has 0 fully saturated rings. The topological polar surface area (TPSA) is 68.5 Å². The number of nitrogens with one attached hydrogen (secondary N) is 1. The summed E-state index contributed by atoms with van der Waals surface area (Å²) >= 11 is 1.68. The molecule has 2 aromatic heterocycles. The van der Waals surface area contributed by atoms with E-state index in [2.05, 4.69) is 31.7 Å². The van der Waals surface area contributed by atoms with Crippen molar-refractivity contribution in [3.8, 4) is 0 Å². The first-order valence-electron chi connectivity index (χ1n) is 6.27. The van der Waals surface area contributed by atoms with E-state index in [0.717, 1.165) is 22.8 Å². The van der Waals surface area contributed by atoms with Gasteiger partial charge in [0.1, 0.15) is 6.33 Å². The molecule has 3 rings (SSSR count). The van der Waals surface area contributed by atoms with Crippen LogP contribution in [0.5, 0.6) is 0 Å². The summed E-state index contributed by atoms with van der Waals surface area (Å²) in [6.07, 6.45) is 3.57. The van der Waals surface area contributed by atoms with Gasteiger partial charge in [-0.1, -0.05) is 17.3 Å². The van der Waals surface area contributed by atoms with E-state index in [1.807, 2.05) is 31.4 Å². The van der Waals surface area contributed by atoms with Gasteiger partial charge in [-0.3, -0.25) is 0 Å². The molecule has 6 nitrogen and oxygen atoms in total. The van der Waals surface area contributed by atoms with E-state index in [1.165, 1.54) is 6.33 Å². The molecule has 1 N–H and O–H groups in total. The van der Waals surface area contributed by atoms with Crippen molar-refractivity contribution in [2.75, 3.05) is 11.6 Å². The maximum absolute atomic E-state index is 4.28. The van der Waals surface area contributed by atoms with Crippen LogP contribution in [0, 0.1) is 0 Å². The lowest BCUT2D eigenvalue weighted by molar-refractivity contribution is 0.641. The normalized spacial score (nSPS) is 10.9. The summed E-state index contributed by atoms with van der Waals surface area (Å²) in [5.41, 5.74) is 2.43. The van der Waals surface area contributed by atoms with Gasteiger partial charge < -0.3 is 5.32 Å². The number of rotatable bonds is 4. The third kappa shape index (κ3) is 2.20. The van der Waals surface area contributed by atoms with Crippen molar-refractivity contribution in [3.63, 3.8) is 0 Å². The predicted molar refractivity (Wildman–Crippen MR) is 80.3 cm³/mol. The van der Waals surface area contributed by atoms with Crippen LogP contribution in [0.2, 0.25) is 0 Å². The second-order valence-electron chi connectivity index (χ2n) is 4.12. The molecule has 0 aliphatic rings. The molecule has 0 unspecified atom stereocenters. The van der Waals surface area contributed by atoms with Gasteiger partial charge in [0, 0.05) is 11.4 Å². The fourth-order valence-corrected chi connectivity index (χ4v) is 2.53. The Hall–Kier alpha value is -2.15. The summed E-state index contributed by atoms with van der Waals surface area (Å²) in [4.78, 5) is 9.67. The summed E-state index contributed by atoms with van der Waals surface area (Å²) in [6.45, 7) is 2.74. The molecule has 3 aromatic rings. The van der Waals surface area contributed by atoms with Crippen molar-refractivity contribution >= 4 is 34.4 Å². The quantitative estimate of drug-likeness (QED) is 0.744. The Morgan fingerprint density at radius 2 is 2.10 bits per heavy atom. The van der Waals surface area contributed by atoms with Crippen LogP contribution >= 0.6 is 11.8 Å². The van der Waals surface area contributed by atoms with E-state index < -0.39 is 0 Å².